The molecule has 5 heteroatoms. The molecule has 1 N–H and O–H groups in total. The van der Waals surface area contributed by atoms with E-state index in [1.807, 2.05) is 6.92 Å². The molecule has 1 aromatic rings. The van der Waals surface area contributed by atoms with Crippen molar-refractivity contribution in [2.75, 3.05) is 5.32 Å². The first kappa shape index (κ1) is 13.4. The van der Waals surface area contributed by atoms with Crippen molar-refractivity contribution >= 4 is 11.8 Å². The second-order valence-electron chi connectivity index (χ2n) is 4.63. The predicted molar refractivity (Wildman–Crippen MR) is 63.4 cm³/mol. The summed E-state index contributed by atoms with van der Waals surface area (Å²) in [5.74, 6) is -0.430. The maximum absolute atomic E-state index is 13.4. The van der Waals surface area contributed by atoms with Gasteiger partial charge in [-0.1, -0.05) is 6.92 Å². The zero-order chi connectivity index (χ0) is 13.1. The minimum Gasteiger partial charge on any atom is -0.444 e. The summed E-state index contributed by atoms with van der Waals surface area (Å²) in [6.45, 7) is 7.08. The number of anilines is 1. The number of amides is 1. The Balaban J connectivity index is 2.69. The lowest BCUT2D eigenvalue weighted by Gasteiger charge is -2.19. The Labute approximate surface area is 100 Å². The maximum atomic E-state index is 13.4. The fraction of sp³-hybridized carbons (Fsp3) is 0.500. The third-order valence-electron chi connectivity index (χ3n) is 1.90. The second kappa shape index (κ2) is 5.12. The van der Waals surface area contributed by atoms with E-state index in [2.05, 4.69) is 10.3 Å². The number of aryl methyl sites for hydroxylation is 1. The van der Waals surface area contributed by atoms with Crippen molar-refractivity contribution in [3.05, 3.63) is 23.8 Å². The highest BCUT2D eigenvalue weighted by atomic mass is 19.1. The fourth-order valence-electron chi connectivity index (χ4n) is 1.22. The summed E-state index contributed by atoms with van der Waals surface area (Å²) in [6, 6.07) is 1.23. The van der Waals surface area contributed by atoms with Gasteiger partial charge in [0.2, 0.25) is 0 Å². The van der Waals surface area contributed by atoms with Crippen molar-refractivity contribution in [3.63, 3.8) is 0 Å². The summed E-state index contributed by atoms with van der Waals surface area (Å²) < 4.78 is 18.4. The number of halogens is 1. The van der Waals surface area contributed by atoms with Crippen LogP contribution in [0.1, 0.15) is 33.4 Å². The van der Waals surface area contributed by atoms with Gasteiger partial charge in [0.25, 0.3) is 0 Å². The third-order valence-corrected chi connectivity index (χ3v) is 1.90. The molecular formula is C12H17FN2O2. The lowest BCUT2D eigenvalue weighted by Crippen LogP contribution is -2.27. The van der Waals surface area contributed by atoms with Crippen LogP contribution in [-0.2, 0) is 11.2 Å². The summed E-state index contributed by atoms with van der Waals surface area (Å²) in [6.07, 6.45) is 1.30. The molecule has 1 aromatic heterocycles. The molecule has 0 spiro atoms. The highest BCUT2D eigenvalue weighted by molar-refractivity contribution is 5.84. The van der Waals surface area contributed by atoms with Crippen LogP contribution in [0.15, 0.2) is 12.3 Å². The molecular weight excluding hydrogens is 223 g/mol. The number of rotatable bonds is 2. The van der Waals surface area contributed by atoms with E-state index in [1.165, 1.54) is 12.3 Å². The van der Waals surface area contributed by atoms with Crippen molar-refractivity contribution in [2.24, 2.45) is 0 Å². The van der Waals surface area contributed by atoms with E-state index in [-0.39, 0.29) is 5.69 Å². The Morgan fingerprint density at radius 1 is 1.53 bits per heavy atom. The fourth-order valence-corrected chi connectivity index (χ4v) is 1.22. The number of carbonyl (C=O) groups is 1. The second-order valence-corrected chi connectivity index (χ2v) is 4.63. The molecule has 0 bridgehead atoms. The van der Waals surface area contributed by atoms with Crippen molar-refractivity contribution in [1.29, 1.82) is 0 Å². The van der Waals surface area contributed by atoms with Crippen LogP contribution < -0.4 is 5.32 Å². The van der Waals surface area contributed by atoms with Gasteiger partial charge in [-0.25, -0.2) is 9.18 Å². The Hall–Kier alpha value is -1.65. The topological polar surface area (TPSA) is 51.2 Å². The monoisotopic (exact) mass is 240 g/mol. The van der Waals surface area contributed by atoms with Gasteiger partial charge >= 0.3 is 6.09 Å². The van der Waals surface area contributed by atoms with Gasteiger partial charge in [0.1, 0.15) is 11.4 Å². The van der Waals surface area contributed by atoms with Crippen LogP contribution in [-0.4, -0.2) is 16.7 Å². The number of hydrogen-bond donors (Lipinski definition) is 1. The van der Waals surface area contributed by atoms with E-state index in [9.17, 15) is 9.18 Å². The molecule has 0 aliphatic carbocycles. The number of ether oxygens (including phenoxy) is 1. The minimum absolute atomic E-state index is 0.286. The number of carbonyl (C=O) groups excluding carboxylic acids is 1. The first-order valence-corrected chi connectivity index (χ1v) is 5.46. The summed E-state index contributed by atoms with van der Waals surface area (Å²) in [5.41, 5.74) is 0.0769. The SMILES string of the molecule is CCc1ncc(NC(=O)OC(C)(C)C)cc1F. The molecule has 1 rings (SSSR count). The van der Waals surface area contributed by atoms with E-state index >= 15 is 0 Å². The molecule has 0 atom stereocenters. The summed E-state index contributed by atoms with van der Waals surface area (Å²) in [7, 11) is 0. The normalized spacial score (nSPS) is 11.1. The van der Waals surface area contributed by atoms with E-state index in [1.54, 1.807) is 20.8 Å². The predicted octanol–water partition coefficient (Wildman–Crippen LogP) is 3.13. The number of nitrogens with zero attached hydrogens (tertiary/aromatic N) is 1. The lowest BCUT2D eigenvalue weighted by atomic mass is 10.2. The minimum atomic E-state index is -0.622. The molecule has 0 radical (unpaired) electrons. The first-order chi connectivity index (χ1) is 7.81. The van der Waals surface area contributed by atoms with Gasteiger partial charge in [0, 0.05) is 6.07 Å². The average molecular weight is 240 g/mol. The average Bonchev–Trinajstić information content (AvgIpc) is 2.14. The molecule has 0 unspecified atom stereocenters. The number of pyridine rings is 1. The number of nitrogens with one attached hydrogen (secondary N) is 1. The molecule has 0 aliphatic rings. The molecule has 0 saturated carbocycles. The molecule has 0 aromatic carbocycles. The van der Waals surface area contributed by atoms with Crippen molar-refractivity contribution in [3.8, 4) is 0 Å². The van der Waals surface area contributed by atoms with E-state index in [0.29, 0.717) is 12.1 Å². The first-order valence-electron chi connectivity index (χ1n) is 5.46. The van der Waals surface area contributed by atoms with E-state index < -0.39 is 17.5 Å². The van der Waals surface area contributed by atoms with Gasteiger partial charge < -0.3 is 4.74 Å². The molecule has 4 nitrogen and oxygen atoms in total. The van der Waals surface area contributed by atoms with Crippen LogP contribution in [0.25, 0.3) is 0 Å². The Bertz CT molecular complexity index is 413. The van der Waals surface area contributed by atoms with Crippen LogP contribution in [0.3, 0.4) is 0 Å². The van der Waals surface area contributed by atoms with Gasteiger partial charge in [0.15, 0.2) is 0 Å². The highest BCUT2D eigenvalue weighted by Crippen LogP contribution is 2.14. The largest absolute Gasteiger partial charge is 0.444 e. The standard InChI is InChI=1S/C12H17FN2O2/c1-5-10-9(13)6-8(7-14-10)15-11(16)17-12(2,3)4/h6-7H,5H2,1-4H3,(H,15,16). The Kier molecular flexibility index (Phi) is 4.04. The van der Waals surface area contributed by atoms with E-state index in [0.717, 1.165) is 0 Å². The van der Waals surface area contributed by atoms with Crippen LogP contribution >= 0.6 is 0 Å². The highest BCUT2D eigenvalue weighted by Gasteiger charge is 2.16. The van der Waals surface area contributed by atoms with Crippen LogP contribution in [0.2, 0.25) is 0 Å². The smallest absolute Gasteiger partial charge is 0.412 e. The quantitative estimate of drug-likeness (QED) is 0.864. The van der Waals surface area contributed by atoms with Crippen LogP contribution in [0, 0.1) is 5.82 Å². The Morgan fingerprint density at radius 2 is 2.18 bits per heavy atom. The van der Waals surface area contributed by atoms with E-state index in [4.69, 9.17) is 4.74 Å². The molecule has 94 valence electrons. The van der Waals surface area contributed by atoms with Gasteiger partial charge in [-0.15, -0.1) is 0 Å². The molecule has 0 aliphatic heterocycles. The zero-order valence-corrected chi connectivity index (χ0v) is 10.5. The van der Waals surface area contributed by atoms with Crippen LogP contribution in [0.5, 0.6) is 0 Å². The lowest BCUT2D eigenvalue weighted by molar-refractivity contribution is 0.0636. The zero-order valence-electron chi connectivity index (χ0n) is 10.5. The maximum Gasteiger partial charge on any atom is 0.412 e. The number of hydrogen-bond acceptors (Lipinski definition) is 3. The van der Waals surface area contributed by atoms with Crippen molar-refractivity contribution in [1.82, 2.24) is 4.98 Å². The van der Waals surface area contributed by atoms with Gasteiger partial charge in [-0.3, -0.25) is 10.3 Å². The van der Waals surface area contributed by atoms with Gasteiger partial charge in [0.05, 0.1) is 17.6 Å². The number of aromatic nitrogens is 1. The summed E-state index contributed by atoms with van der Waals surface area (Å²) in [5, 5.41) is 2.43. The van der Waals surface area contributed by atoms with Gasteiger partial charge in [-0.05, 0) is 27.2 Å². The van der Waals surface area contributed by atoms with Gasteiger partial charge in [-0.2, -0.15) is 0 Å². The Morgan fingerprint density at radius 3 is 2.65 bits per heavy atom. The molecule has 0 saturated heterocycles. The summed E-state index contributed by atoms with van der Waals surface area (Å²) >= 11 is 0. The van der Waals surface area contributed by atoms with Crippen molar-refractivity contribution < 1.29 is 13.9 Å². The molecule has 17 heavy (non-hydrogen) atoms. The molecule has 1 amide bonds. The molecule has 0 fully saturated rings. The molecule has 1 heterocycles. The van der Waals surface area contributed by atoms with Crippen LogP contribution in [0.4, 0.5) is 14.9 Å². The third kappa shape index (κ3) is 4.38. The van der Waals surface area contributed by atoms with Crippen molar-refractivity contribution in [2.45, 2.75) is 39.7 Å². The summed E-state index contributed by atoms with van der Waals surface area (Å²) in [4.78, 5) is 15.3.